The van der Waals surface area contributed by atoms with E-state index < -0.39 is 0 Å². The van der Waals surface area contributed by atoms with E-state index in [2.05, 4.69) is 43.0 Å². The number of nitrogens with one attached hydrogen (secondary N) is 1. The maximum Gasteiger partial charge on any atom is 0.118 e. The number of ether oxygens (including phenoxy) is 2. The molecular formula is C30H35ClN2O2. The van der Waals surface area contributed by atoms with Crippen LogP contribution in [0.15, 0.2) is 89.0 Å². The van der Waals surface area contributed by atoms with Gasteiger partial charge >= 0.3 is 0 Å². The normalized spacial score (nSPS) is 15.6. The average Bonchev–Trinajstić information content (AvgIpc) is 2.91. The molecule has 184 valence electrons. The van der Waals surface area contributed by atoms with Crippen molar-refractivity contribution in [1.82, 2.24) is 4.90 Å². The molecule has 5 heteroatoms. The zero-order valence-corrected chi connectivity index (χ0v) is 21.9. The monoisotopic (exact) mass is 490 g/mol. The fourth-order valence-electron chi connectivity index (χ4n) is 4.15. The van der Waals surface area contributed by atoms with Crippen molar-refractivity contribution in [3.63, 3.8) is 0 Å². The number of benzene rings is 2. The van der Waals surface area contributed by atoms with Gasteiger partial charge in [0.1, 0.15) is 11.5 Å². The lowest BCUT2D eigenvalue weighted by molar-refractivity contribution is 0.414. The maximum atomic E-state index is 8.41. The molecular weight excluding hydrogens is 456 g/mol. The molecule has 0 aliphatic heterocycles. The predicted molar refractivity (Wildman–Crippen MR) is 148 cm³/mol. The minimum absolute atomic E-state index is 0.448. The summed E-state index contributed by atoms with van der Waals surface area (Å²) < 4.78 is 10.5. The minimum atomic E-state index is 0.448. The van der Waals surface area contributed by atoms with Gasteiger partial charge in [0.25, 0.3) is 0 Å². The standard InChI is InChI=1S/C30H35ClN2O2/c1-5-33(6-2)29(23-12-18-27(35-4)19-13-23)21-15-25-9-7-8-24(30(25)31)14-20-28(32)22-10-16-26(34-3)17-11-22/h10-21,32H,5-9H2,1-4H3/b20-14+,25-15+,29-21+,32-28?. The molecule has 0 saturated carbocycles. The highest BCUT2D eigenvalue weighted by molar-refractivity contribution is 6.32. The van der Waals surface area contributed by atoms with E-state index >= 15 is 0 Å². The fraction of sp³-hybridized carbons (Fsp3) is 0.300. The van der Waals surface area contributed by atoms with E-state index in [1.54, 1.807) is 14.2 Å². The number of hydrogen-bond donors (Lipinski definition) is 1. The molecule has 0 atom stereocenters. The number of hydrogen-bond acceptors (Lipinski definition) is 4. The van der Waals surface area contributed by atoms with Crippen LogP contribution in [0.25, 0.3) is 5.70 Å². The number of allylic oxidation sites excluding steroid dienone is 7. The average molecular weight is 491 g/mol. The highest BCUT2D eigenvalue weighted by Gasteiger charge is 2.15. The molecule has 4 nitrogen and oxygen atoms in total. The van der Waals surface area contributed by atoms with E-state index in [4.69, 9.17) is 26.5 Å². The number of nitrogens with zero attached hydrogens (tertiary/aromatic N) is 1. The van der Waals surface area contributed by atoms with Gasteiger partial charge in [0, 0.05) is 23.8 Å². The highest BCUT2D eigenvalue weighted by Crippen LogP contribution is 2.34. The smallest absolute Gasteiger partial charge is 0.118 e. The summed E-state index contributed by atoms with van der Waals surface area (Å²) in [6, 6.07) is 15.7. The van der Waals surface area contributed by atoms with Crippen molar-refractivity contribution in [2.45, 2.75) is 33.1 Å². The summed E-state index contributed by atoms with van der Waals surface area (Å²) in [5.41, 5.74) is 5.81. The van der Waals surface area contributed by atoms with Crippen LogP contribution in [0, 0.1) is 5.41 Å². The molecule has 1 aliphatic carbocycles. The van der Waals surface area contributed by atoms with Crippen molar-refractivity contribution < 1.29 is 9.47 Å². The van der Waals surface area contributed by atoms with Gasteiger partial charge in [-0.1, -0.05) is 23.8 Å². The van der Waals surface area contributed by atoms with Gasteiger partial charge < -0.3 is 19.8 Å². The molecule has 0 unspecified atom stereocenters. The predicted octanol–water partition coefficient (Wildman–Crippen LogP) is 7.61. The number of halogens is 1. The van der Waals surface area contributed by atoms with Gasteiger partial charge in [0.2, 0.25) is 0 Å². The zero-order valence-electron chi connectivity index (χ0n) is 21.1. The van der Waals surface area contributed by atoms with E-state index in [-0.39, 0.29) is 0 Å². The van der Waals surface area contributed by atoms with Crippen LogP contribution < -0.4 is 9.47 Å². The number of rotatable bonds is 10. The molecule has 2 aromatic rings. The molecule has 0 radical (unpaired) electrons. The lowest BCUT2D eigenvalue weighted by atomic mass is 9.93. The van der Waals surface area contributed by atoms with E-state index in [0.717, 1.165) is 71.2 Å². The minimum Gasteiger partial charge on any atom is -0.497 e. The molecule has 0 spiro atoms. The van der Waals surface area contributed by atoms with Gasteiger partial charge in [0.05, 0.1) is 19.9 Å². The first kappa shape index (κ1) is 26.4. The maximum absolute atomic E-state index is 8.41. The Labute approximate surface area is 214 Å². The third-order valence-corrected chi connectivity index (χ3v) is 6.73. The summed E-state index contributed by atoms with van der Waals surface area (Å²) in [5, 5.41) is 9.20. The van der Waals surface area contributed by atoms with Crippen LogP contribution in [0.3, 0.4) is 0 Å². The molecule has 0 aromatic heterocycles. The van der Waals surface area contributed by atoms with Crippen molar-refractivity contribution in [1.29, 1.82) is 5.41 Å². The highest BCUT2D eigenvalue weighted by atomic mass is 35.5. The Morgan fingerprint density at radius 1 is 0.914 bits per heavy atom. The Bertz CT molecular complexity index is 1120. The van der Waals surface area contributed by atoms with Crippen molar-refractivity contribution in [2.24, 2.45) is 0 Å². The van der Waals surface area contributed by atoms with Crippen LogP contribution in [0.2, 0.25) is 0 Å². The van der Waals surface area contributed by atoms with E-state index in [0.29, 0.717) is 5.71 Å². The fourth-order valence-corrected chi connectivity index (χ4v) is 4.46. The largest absolute Gasteiger partial charge is 0.497 e. The molecule has 0 amide bonds. The summed E-state index contributed by atoms with van der Waals surface area (Å²) in [6.45, 7) is 6.18. The van der Waals surface area contributed by atoms with Crippen LogP contribution in [-0.2, 0) is 0 Å². The molecule has 3 rings (SSSR count). The van der Waals surface area contributed by atoms with Gasteiger partial charge in [0.15, 0.2) is 0 Å². The van der Waals surface area contributed by atoms with Crippen LogP contribution in [0.1, 0.15) is 44.2 Å². The van der Waals surface area contributed by atoms with Crippen LogP contribution in [0.5, 0.6) is 11.5 Å². The van der Waals surface area contributed by atoms with Gasteiger partial charge in [-0.05, 0) is 116 Å². The van der Waals surface area contributed by atoms with Crippen LogP contribution >= 0.6 is 11.6 Å². The molecule has 0 bridgehead atoms. The molecule has 35 heavy (non-hydrogen) atoms. The van der Waals surface area contributed by atoms with Crippen LogP contribution in [0.4, 0.5) is 0 Å². The summed E-state index contributed by atoms with van der Waals surface area (Å²) >= 11 is 6.85. The summed E-state index contributed by atoms with van der Waals surface area (Å²) in [5.74, 6) is 1.63. The summed E-state index contributed by atoms with van der Waals surface area (Å²) in [6.07, 6.45) is 11.0. The Kier molecular flexibility index (Phi) is 9.80. The first-order valence-electron chi connectivity index (χ1n) is 12.1. The van der Waals surface area contributed by atoms with E-state index in [1.807, 2.05) is 48.6 Å². The quantitative estimate of drug-likeness (QED) is 0.348. The molecule has 0 heterocycles. The van der Waals surface area contributed by atoms with E-state index in [9.17, 15) is 0 Å². The molecule has 1 aliphatic rings. The second-order valence-corrected chi connectivity index (χ2v) is 8.69. The van der Waals surface area contributed by atoms with Crippen molar-refractivity contribution in [2.75, 3.05) is 27.3 Å². The molecule has 0 saturated heterocycles. The van der Waals surface area contributed by atoms with E-state index in [1.165, 1.54) is 5.70 Å². The molecule has 2 aromatic carbocycles. The summed E-state index contributed by atoms with van der Waals surface area (Å²) in [4.78, 5) is 2.34. The second kappa shape index (κ2) is 13.0. The topological polar surface area (TPSA) is 45.6 Å². The first-order chi connectivity index (χ1) is 17.0. The van der Waals surface area contributed by atoms with Crippen molar-refractivity contribution in [3.8, 4) is 11.5 Å². The Morgan fingerprint density at radius 3 is 2.03 bits per heavy atom. The van der Waals surface area contributed by atoms with Gasteiger partial charge in [-0.3, -0.25) is 0 Å². The number of methoxy groups -OCH3 is 2. The van der Waals surface area contributed by atoms with Gasteiger partial charge in [-0.15, -0.1) is 0 Å². The Morgan fingerprint density at radius 2 is 1.49 bits per heavy atom. The summed E-state index contributed by atoms with van der Waals surface area (Å²) in [7, 11) is 3.32. The third kappa shape index (κ3) is 6.89. The Balaban J connectivity index is 1.86. The lowest BCUT2D eigenvalue weighted by Gasteiger charge is -2.25. The second-order valence-electron chi connectivity index (χ2n) is 8.31. The first-order valence-corrected chi connectivity index (χ1v) is 12.5. The SMILES string of the molecule is CCN(CC)/C(=C/C=C1\CCCC(/C=C/C(=N)c2ccc(OC)cc2)=C1Cl)c1ccc(OC)cc1. The zero-order chi connectivity index (χ0) is 25.2. The Hall–Kier alpha value is -3.24. The lowest BCUT2D eigenvalue weighted by Crippen LogP contribution is -2.21. The third-order valence-electron chi connectivity index (χ3n) is 6.24. The van der Waals surface area contributed by atoms with Crippen LogP contribution in [-0.4, -0.2) is 37.9 Å². The van der Waals surface area contributed by atoms with Crippen molar-refractivity contribution >= 4 is 23.0 Å². The van der Waals surface area contributed by atoms with Gasteiger partial charge in [-0.2, -0.15) is 0 Å². The van der Waals surface area contributed by atoms with Gasteiger partial charge in [-0.25, -0.2) is 0 Å². The molecule has 0 fully saturated rings. The molecule has 1 N–H and O–H groups in total. The van der Waals surface area contributed by atoms with Crippen molar-refractivity contribution in [3.05, 3.63) is 100 Å².